The molecular weight excluding hydrogens is 404 g/mol. The lowest BCUT2D eigenvalue weighted by Crippen LogP contribution is -2.39. The smallest absolute Gasteiger partial charge is 0.115 e. The van der Waals surface area contributed by atoms with Gasteiger partial charge in [0, 0.05) is 5.41 Å². The molecule has 0 saturated heterocycles. The van der Waals surface area contributed by atoms with Crippen LogP contribution in [0.25, 0.3) is 11.1 Å². The topological polar surface area (TPSA) is 40.5 Å². The minimum atomic E-state index is -0.350. The van der Waals surface area contributed by atoms with Crippen LogP contribution in [0.3, 0.4) is 0 Å². The van der Waals surface area contributed by atoms with Crippen molar-refractivity contribution >= 4 is 0 Å². The number of rotatable bonds is 5. The van der Waals surface area contributed by atoms with Crippen molar-refractivity contribution in [1.82, 2.24) is 0 Å². The zero-order chi connectivity index (χ0) is 22.7. The molecular formula is C31H30O2. The third kappa shape index (κ3) is 4.02. The lowest BCUT2D eigenvalue weighted by Gasteiger charge is -2.44. The Morgan fingerprint density at radius 3 is 1.39 bits per heavy atom. The largest absolute Gasteiger partial charge is 0.508 e. The number of phenols is 2. The second-order valence-electron chi connectivity index (χ2n) is 9.18. The molecule has 4 aromatic rings. The van der Waals surface area contributed by atoms with Crippen molar-refractivity contribution in [3.8, 4) is 22.6 Å². The van der Waals surface area contributed by atoms with Crippen LogP contribution < -0.4 is 0 Å². The van der Waals surface area contributed by atoms with Gasteiger partial charge in [-0.15, -0.1) is 0 Å². The standard InChI is InChI=1S/C31H30O2/c32-29-19-15-27(16-20-29)31(25-9-5-2-6-10-25,28-17-21-30(33)22-18-28)26-13-11-24(12-14-26)23-7-3-1-4-8-23/h1,3-4,7-8,11-22,25,32-33H,2,5-6,9-10H2. The van der Waals surface area contributed by atoms with Crippen LogP contribution in [0.4, 0.5) is 0 Å². The van der Waals surface area contributed by atoms with E-state index in [0.29, 0.717) is 5.92 Å². The van der Waals surface area contributed by atoms with Crippen molar-refractivity contribution in [3.63, 3.8) is 0 Å². The van der Waals surface area contributed by atoms with Crippen molar-refractivity contribution < 1.29 is 10.2 Å². The van der Waals surface area contributed by atoms with Gasteiger partial charge in [-0.05, 0) is 70.8 Å². The molecule has 2 nitrogen and oxygen atoms in total. The number of benzene rings is 4. The van der Waals surface area contributed by atoms with E-state index in [1.54, 1.807) is 24.3 Å². The molecule has 0 atom stereocenters. The van der Waals surface area contributed by atoms with Crippen LogP contribution in [0, 0.1) is 5.92 Å². The first-order chi connectivity index (χ1) is 16.2. The van der Waals surface area contributed by atoms with Gasteiger partial charge in [0.15, 0.2) is 0 Å². The van der Waals surface area contributed by atoms with E-state index in [1.807, 2.05) is 6.07 Å². The van der Waals surface area contributed by atoms with Crippen LogP contribution in [0.5, 0.6) is 11.5 Å². The van der Waals surface area contributed by atoms with Crippen LogP contribution in [0.15, 0.2) is 103 Å². The molecule has 4 aromatic carbocycles. The van der Waals surface area contributed by atoms with Gasteiger partial charge in [0.1, 0.15) is 11.5 Å². The summed E-state index contributed by atoms with van der Waals surface area (Å²) >= 11 is 0. The van der Waals surface area contributed by atoms with Crippen LogP contribution >= 0.6 is 0 Å². The molecule has 166 valence electrons. The van der Waals surface area contributed by atoms with E-state index in [4.69, 9.17) is 0 Å². The summed E-state index contributed by atoms with van der Waals surface area (Å²) in [5.74, 6) is 0.991. The second-order valence-corrected chi connectivity index (χ2v) is 9.18. The van der Waals surface area contributed by atoms with Gasteiger partial charge in [-0.25, -0.2) is 0 Å². The van der Waals surface area contributed by atoms with Gasteiger partial charge in [0.2, 0.25) is 0 Å². The molecule has 1 fully saturated rings. The molecule has 0 radical (unpaired) electrons. The third-order valence-electron chi connectivity index (χ3n) is 7.31. The fourth-order valence-corrected chi connectivity index (χ4v) is 5.75. The number of aromatic hydroxyl groups is 2. The summed E-state index contributed by atoms with van der Waals surface area (Å²) in [6.07, 6.45) is 6.05. The minimum Gasteiger partial charge on any atom is -0.508 e. The van der Waals surface area contributed by atoms with Gasteiger partial charge in [-0.3, -0.25) is 0 Å². The van der Waals surface area contributed by atoms with E-state index < -0.39 is 0 Å². The first-order valence-corrected chi connectivity index (χ1v) is 11.9. The molecule has 0 aliphatic heterocycles. The number of phenolic OH excluding ortho intramolecular Hbond substituents is 2. The molecule has 33 heavy (non-hydrogen) atoms. The molecule has 1 saturated carbocycles. The Bertz CT molecular complexity index is 1130. The molecule has 0 heterocycles. The highest BCUT2D eigenvalue weighted by Gasteiger charge is 2.43. The maximum absolute atomic E-state index is 10.0. The molecule has 2 heteroatoms. The highest BCUT2D eigenvalue weighted by atomic mass is 16.3. The summed E-state index contributed by atoms with van der Waals surface area (Å²) in [4.78, 5) is 0. The molecule has 1 aliphatic carbocycles. The lowest BCUT2D eigenvalue weighted by atomic mass is 9.58. The molecule has 0 unspecified atom stereocenters. The highest BCUT2D eigenvalue weighted by molar-refractivity contribution is 5.65. The molecule has 0 spiro atoms. The van der Waals surface area contributed by atoms with Crippen molar-refractivity contribution in [2.24, 2.45) is 5.92 Å². The Morgan fingerprint density at radius 2 is 0.909 bits per heavy atom. The van der Waals surface area contributed by atoms with Gasteiger partial charge in [-0.1, -0.05) is 98.1 Å². The van der Waals surface area contributed by atoms with E-state index in [2.05, 4.69) is 72.8 Å². The maximum Gasteiger partial charge on any atom is 0.115 e. The first-order valence-electron chi connectivity index (χ1n) is 11.9. The Labute approximate surface area is 196 Å². The molecule has 2 N–H and O–H groups in total. The summed E-state index contributed by atoms with van der Waals surface area (Å²) in [5, 5.41) is 20.1. The summed E-state index contributed by atoms with van der Waals surface area (Å²) in [6.45, 7) is 0. The lowest BCUT2D eigenvalue weighted by molar-refractivity contribution is 0.271. The average Bonchev–Trinajstić information content (AvgIpc) is 2.88. The fourth-order valence-electron chi connectivity index (χ4n) is 5.75. The van der Waals surface area contributed by atoms with Gasteiger partial charge < -0.3 is 10.2 Å². The van der Waals surface area contributed by atoms with E-state index >= 15 is 0 Å². The van der Waals surface area contributed by atoms with Gasteiger partial charge in [0.25, 0.3) is 0 Å². The summed E-state index contributed by atoms with van der Waals surface area (Å²) in [7, 11) is 0. The second kappa shape index (κ2) is 9.15. The Morgan fingerprint density at radius 1 is 0.485 bits per heavy atom. The predicted molar refractivity (Wildman–Crippen MR) is 135 cm³/mol. The van der Waals surface area contributed by atoms with Crippen LogP contribution in [-0.2, 0) is 5.41 Å². The van der Waals surface area contributed by atoms with E-state index in [0.717, 1.165) is 12.8 Å². The van der Waals surface area contributed by atoms with Crippen molar-refractivity contribution in [3.05, 3.63) is 120 Å². The minimum absolute atomic E-state index is 0.279. The zero-order valence-electron chi connectivity index (χ0n) is 18.8. The Kier molecular flexibility index (Phi) is 5.92. The zero-order valence-corrected chi connectivity index (χ0v) is 18.8. The molecule has 0 amide bonds. The van der Waals surface area contributed by atoms with Crippen LogP contribution in [-0.4, -0.2) is 10.2 Å². The van der Waals surface area contributed by atoms with Crippen LogP contribution in [0.1, 0.15) is 48.8 Å². The average molecular weight is 435 g/mol. The maximum atomic E-state index is 10.0. The van der Waals surface area contributed by atoms with Crippen molar-refractivity contribution in [2.45, 2.75) is 37.5 Å². The first kappa shape index (κ1) is 21.3. The quantitative estimate of drug-likeness (QED) is 0.316. The molecule has 0 bridgehead atoms. The van der Waals surface area contributed by atoms with Gasteiger partial charge in [0.05, 0.1) is 0 Å². The van der Waals surface area contributed by atoms with Crippen LogP contribution in [0.2, 0.25) is 0 Å². The Balaban J connectivity index is 1.73. The monoisotopic (exact) mass is 434 g/mol. The molecule has 5 rings (SSSR count). The molecule has 1 aliphatic rings. The normalized spacial score (nSPS) is 14.8. The molecule has 0 aromatic heterocycles. The van der Waals surface area contributed by atoms with E-state index in [9.17, 15) is 10.2 Å². The fraction of sp³-hybridized carbons (Fsp3) is 0.226. The predicted octanol–water partition coefficient (Wildman–Crippen LogP) is 7.68. The van der Waals surface area contributed by atoms with E-state index in [-0.39, 0.29) is 16.9 Å². The number of hydrogen-bond acceptors (Lipinski definition) is 2. The van der Waals surface area contributed by atoms with Crippen molar-refractivity contribution in [1.29, 1.82) is 0 Å². The summed E-state index contributed by atoms with van der Waals surface area (Å²) in [6, 6.07) is 34.9. The summed E-state index contributed by atoms with van der Waals surface area (Å²) in [5.41, 5.74) is 5.69. The van der Waals surface area contributed by atoms with Gasteiger partial charge in [-0.2, -0.15) is 0 Å². The summed E-state index contributed by atoms with van der Waals surface area (Å²) < 4.78 is 0. The number of hydrogen-bond donors (Lipinski definition) is 2. The van der Waals surface area contributed by atoms with E-state index in [1.165, 1.54) is 47.1 Å². The highest BCUT2D eigenvalue weighted by Crippen LogP contribution is 2.51. The SMILES string of the molecule is Oc1ccc(C(c2ccc(O)cc2)(c2ccc(-c3ccccc3)cc2)C2CCCCC2)cc1. The third-order valence-corrected chi connectivity index (χ3v) is 7.31. The Hall–Kier alpha value is -3.52. The van der Waals surface area contributed by atoms with Crippen molar-refractivity contribution in [2.75, 3.05) is 0 Å². The van der Waals surface area contributed by atoms with Gasteiger partial charge >= 0.3 is 0 Å².